The molecule has 0 amide bonds. The van der Waals surface area contributed by atoms with Crippen LogP contribution in [0, 0.1) is 0 Å². The maximum absolute atomic E-state index is 9.19. The standard InChI is InChI=1S/C18H22Cl3N5OS/c1-28-14-5-3-13(4-6-14)15-22-16(18(19,20)21)24-17(23-15)26-8-2-7-25(9-10-26)11-12-27/h3-6,27H,2,7-12H2,1H3. The molecule has 152 valence electrons. The van der Waals surface area contributed by atoms with Gasteiger partial charge in [-0.05, 0) is 31.4 Å². The fraction of sp³-hybridized carbons (Fsp3) is 0.500. The third-order valence-corrected chi connectivity index (χ3v) is 5.76. The Morgan fingerprint density at radius 1 is 1.04 bits per heavy atom. The maximum atomic E-state index is 9.19. The van der Waals surface area contributed by atoms with E-state index in [1.807, 2.05) is 30.5 Å². The van der Waals surface area contributed by atoms with Crippen molar-refractivity contribution >= 4 is 52.5 Å². The molecular formula is C18H22Cl3N5OS. The lowest BCUT2D eigenvalue weighted by molar-refractivity contribution is 0.204. The Hall–Kier alpha value is -0.830. The van der Waals surface area contributed by atoms with E-state index in [-0.39, 0.29) is 12.4 Å². The molecule has 1 aliphatic rings. The molecular weight excluding hydrogens is 441 g/mol. The topological polar surface area (TPSA) is 65.4 Å². The van der Waals surface area contributed by atoms with Crippen molar-refractivity contribution in [1.29, 1.82) is 0 Å². The van der Waals surface area contributed by atoms with Gasteiger partial charge in [0.25, 0.3) is 0 Å². The average Bonchev–Trinajstić information content (AvgIpc) is 2.93. The normalized spacial score (nSPS) is 16.2. The summed E-state index contributed by atoms with van der Waals surface area (Å²) in [5.41, 5.74) is 0.841. The number of benzene rings is 1. The zero-order chi connectivity index (χ0) is 20.1. The Bertz CT molecular complexity index is 788. The smallest absolute Gasteiger partial charge is 0.250 e. The molecule has 2 aromatic rings. The van der Waals surface area contributed by atoms with Gasteiger partial charge in [0, 0.05) is 36.6 Å². The third kappa shape index (κ3) is 5.62. The van der Waals surface area contributed by atoms with Gasteiger partial charge in [-0.15, -0.1) is 11.8 Å². The molecule has 1 aromatic heterocycles. The summed E-state index contributed by atoms with van der Waals surface area (Å²) in [6.45, 7) is 4.07. The quantitative estimate of drug-likeness (QED) is 0.538. The summed E-state index contributed by atoms with van der Waals surface area (Å²) in [5, 5.41) is 9.19. The van der Waals surface area contributed by atoms with Crippen molar-refractivity contribution in [3.8, 4) is 11.4 Å². The van der Waals surface area contributed by atoms with Crippen molar-refractivity contribution in [2.24, 2.45) is 0 Å². The summed E-state index contributed by atoms with van der Waals surface area (Å²) in [6, 6.07) is 7.94. The van der Waals surface area contributed by atoms with E-state index in [1.54, 1.807) is 11.8 Å². The first-order valence-electron chi connectivity index (χ1n) is 8.96. The van der Waals surface area contributed by atoms with Crippen LogP contribution >= 0.6 is 46.6 Å². The monoisotopic (exact) mass is 461 g/mol. The van der Waals surface area contributed by atoms with Crippen LogP contribution in [0.2, 0.25) is 0 Å². The summed E-state index contributed by atoms with van der Waals surface area (Å²) < 4.78 is -1.74. The summed E-state index contributed by atoms with van der Waals surface area (Å²) in [4.78, 5) is 18.9. The van der Waals surface area contributed by atoms with E-state index in [9.17, 15) is 5.11 Å². The van der Waals surface area contributed by atoms with Crippen molar-refractivity contribution < 1.29 is 5.11 Å². The Morgan fingerprint density at radius 2 is 1.79 bits per heavy atom. The molecule has 0 spiro atoms. The van der Waals surface area contributed by atoms with Gasteiger partial charge in [0.1, 0.15) is 0 Å². The summed E-state index contributed by atoms with van der Waals surface area (Å²) in [5.74, 6) is 1.10. The molecule has 0 atom stereocenters. The van der Waals surface area contributed by atoms with E-state index in [4.69, 9.17) is 34.8 Å². The first-order chi connectivity index (χ1) is 13.4. The molecule has 0 radical (unpaired) electrons. The first-order valence-corrected chi connectivity index (χ1v) is 11.3. The molecule has 0 bridgehead atoms. The average molecular weight is 463 g/mol. The lowest BCUT2D eigenvalue weighted by Gasteiger charge is -2.23. The number of rotatable bonds is 5. The van der Waals surface area contributed by atoms with Gasteiger partial charge in [-0.2, -0.15) is 9.97 Å². The van der Waals surface area contributed by atoms with E-state index >= 15 is 0 Å². The fourth-order valence-electron chi connectivity index (χ4n) is 3.04. The van der Waals surface area contributed by atoms with Gasteiger partial charge in [0.15, 0.2) is 11.6 Å². The van der Waals surface area contributed by atoms with Gasteiger partial charge < -0.3 is 10.0 Å². The second kappa shape index (κ2) is 9.78. The number of alkyl halides is 3. The van der Waals surface area contributed by atoms with Gasteiger partial charge in [-0.1, -0.05) is 46.9 Å². The van der Waals surface area contributed by atoms with Gasteiger partial charge in [0.2, 0.25) is 9.74 Å². The van der Waals surface area contributed by atoms with Crippen molar-refractivity contribution in [3.63, 3.8) is 0 Å². The predicted molar refractivity (Wildman–Crippen MR) is 117 cm³/mol. The third-order valence-electron chi connectivity index (χ3n) is 4.51. The van der Waals surface area contributed by atoms with Crippen molar-refractivity contribution in [2.45, 2.75) is 15.1 Å². The van der Waals surface area contributed by atoms with Gasteiger partial charge in [0.05, 0.1) is 6.61 Å². The highest BCUT2D eigenvalue weighted by Crippen LogP contribution is 2.37. The first kappa shape index (κ1) is 21.9. The number of halogens is 3. The van der Waals surface area contributed by atoms with Gasteiger partial charge in [-0.3, -0.25) is 4.90 Å². The van der Waals surface area contributed by atoms with Gasteiger partial charge in [-0.25, -0.2) is 4.98 Å². The highest BCUT2D eigenvalue weighted by Gasteiger charge is 2.30. The molecule has 3 rings (SSSR count). The minimum Gasteiger partial charge on any atom is -0.395 e. The van der Waals surface area contributed by atoms with Crippen molar-refractivity contribution in [3.05, 3.63) is 30.1 Å². The summed E-state index contributed by atoms with van der Waals surface area (Å²) in [7, 11) is 0. The van der Waals surface area contributed by atoms with Gasteiger partial charge >= 0.3 is 0 Å². The van der Waals surface area contributed by atoms with E-state index in [0.29, 0.717) is 18.3 Å². The molecule has 28 heavy (non-hydrogen) atoms. The lowest BCUT2D eigenvalue weighted by atomic mass is 10.2. The molecule has 0 saturated carbocycles. The van der Waals surface area contributed by atoms with Crippen LogP contribution in [0.5, 0.6) is 0 Å². The molecule has 10 heteroatoms. The highest BCUT2D eigenvalue weighted by molar-refractivity contribution is 7.98. The van der Waals surface area contributed by atoms with E-state index < -0.39 is 3.79 Å². The summed E-state index contributed by atoms with van der Waals surface area (Å²) in [6.07, 6.45) is 2.96. The van der Waals surface area contributed by atoms with E-state index in [0.717, 1.165) is 43.1 Å². The minimum atomic E-state index is -1.74. The Morgan fingerprint density at radius 3 is 2.43 bits per heavy atom. The number of aliphatic hydroxyl groups is 1. The number of aliphatic hydroxyl groups excluding tert-OH is 1. The molecule has 2 heterocycles. The van der Waals surface area contributed by atoms with Crippen molar-refractivity contribution in [2.75, 3.05) is 50.5 Å². The number of hydrogen-bond donors (Lipinski definition) is 1. The van der Waals surface area contributed by atoms with E-state index in [1.165, 1.54) is 0 Å². The SMILES string of the molecule is CSc1ccc(-c2nc(N3CCCN(CCO)CC3)nc(C(Cl)(Cl)Cl)n2)cc1. The summed E-state index contributed by atoms with van der Waals surface area (Å²) >= 11 is 19.9. The number of aromatic nitrogens is 3. The highest BCUT2D eigenvalue weighted by atomic mass is 35.6. The Kier molecular flexibility index (Phi) is 7.64. The molecule has 1 saturated heterocycles. The Balaban J connectivity index is 1.93. The van der Waals surface area contributed by atoms with Crippen LogP contribution in [-0.2, 0) is 3.79 Å². The largest absolute Gasteiger partial charge is 0.395 e. The van der Waals surface area contributed by atoms with Crippen LogP contribution in [0.25, 0.3) is 11.4 Å². The lowest BCUT2D eigenvalue weighted by Crippen LogP contribution is -2.33. The molecule has 1 aliphatic heterocycles. The maximum Gasteiger partial charge on any atom is 0.250 e. The van der Waals surface area contributed by atoms with E-state index in [2.05, 4.69) is 24.8 Å². The van der Waals surface area contributed by atoms with Crippen LogP contribution in [0.3, 0.4) is 0 Å². The zero-order valence-electron chi connectivity index (χ0n) is 15.5. The second-order valence-electron chi connectivity index (χ2n) is 6.41. The molecule has 0 aliphatic carbocycles. The number of hydrogen-bond acceptors (Lipinski definition) is 7. The van der Waals surface area contributed by atoms with Crippen LogP contribution in [0.1, 0.15) is 12.2 Å². The number of thioether (sulfide) groups is 1. The van der Waals surface area contributed by atoms with Crippen LogP contribution < -0.4 is 4.90 Å². The van der Waals surface area contributed by atoms with Crippen LogP contribution in [0.4, 0.5) is 5.95 Å². The molecule has 0 unspecified atom stereocenters. The molecule has 1 fully saturated rings. The second-order valence-corrected chi connectivity index (χ2v) is 9.58. The van der Waals surface area contributed by atoms with Crippen LogP contribution in [0.15, 0.2) is 29.2 Å². The molecule has 1 N–H and O–H groups in total. The Labute approximate surface area is 184 Å². The minimum absolute atomic E-state index is 0.114. The zero-order valence-corrected chi connectivity index (χ0v) is 18.6. The number of anilines is 1. The molecule has 1 aromatic carbocycles. The fourth-order valence-corrected chi connectivity index (χ4v) is 3.70. The van der Waals surface area contributed by atoms with Crippen molar-refractivity contribution in [1.82, 2.24) is 19.9 Å². The molecule has 6 nitrogen and oxygen atoms in total. The predicted octanol–water partition coefficient (Wildman–Crippen LogP) is 3.59. The number of β-amino-alcohol motifs (C(OH)–C–C–N with tert-alkyl or cyclic N) is 1. The van der Waals surface area contributed by atoms with Crippen LogP contribution in [-0.4, -0.2) is 70.5 Å². The number of nitrogens with zero attached hydrogens (tertiary/aromatic N) is 5.